The number of rotatable bonds is 7. The number of fused-ring (bicyclic) bond motifs is 5. The molecule has 0 saturated carbocycles. The fourth-order valence-electron chi connectivity index (χ4n) is 9.83. The van der Waals surface area contributed by atoms with Crippen LogP contribution in [-0.2, 0) is 30.2 Å². The number of aromatic nitrogens is 4. The van der Waals surface area contributed by atoms with Crippen molar-refractivity contribution >= 4 is 32.8 Å². The molecule has 0 unspecified atom stereocenters. The molecule has 0 fully saturated rings. The Morgan fingerprint density at radius 3 is 1.80 bits per heavy atom. The molecule has 1 aliphatic carbocycles. The molecule has 318 valence electrons. The Morgan fingerprint density at radius 2 is 1.14 bits per heavy atom. The van der Waals surface area contributed by atoms with Gasteiger partial charge in [-0.15, -0.1) is 0 Å². The molecule has 64 heavy (non-hydrogen) atoms. The fraction of sp³-hybridized carbons (Fsp3) is 0.172. The molecule has 11 rings (SSSR count). The molecule has 7 aromatic carbocycles. The second-order valence-electron chi connectivity index (χ2n) is 18.2. The van der Waals surface area contributed by atoms with Gasteiger partial charge in [0.2, 0.25) is 0 Å². The Kier molecular flexibility index (Phi) is 7.04. The molecule has 6 heteroatoms. The Balaban J connectivity index is 1.10. The third-order valence-electron chi connectivity index (χ3n) is 14.3. The molecule has 0 saturated heterocycles. The van der Waals surface area contributed by atoms with Crippen LogP contribution in [0.25, 0.3) is 72.3 Å². The number of benzene rings is 7. The van der Waals surface area contributed by atoms with Crippen LogP contribution in [0.4, 0.5) is 0 Å². The first kappa shape index (κ1) is 30.5. The number of imidazole rings is 1. The minimum absolute atomic E-state index is 0.0140. The van der Waals surface area contributed by atoms with E-state index in [1.165, 1.54) is 11.1 Å². The van der Waals surface area contributed by atoms with Crippen LogP contribution in [-0.4, -0.2) is 18.7 Å². The molecular weight excluding hydrogens is 964 g/mol. The zero-order valence-corrected chi connectivity index (χ0v) is 38.8. The van der Waals surface area contributed by atoms with Gasteiger partial charge >= 0.3 is 308 Å². The predicted molar refractivity (Wildman–Crippen MR) is 260 cm³/mol. The summed E-state index contributed by atoms with van der Waals surface area (Å²) in [6.07, 6.45) is 1.85. The molecule has 0 radical (unpaired) electrons. The molecule has 0 bridgehead atoms. The van der Waals surface area contributed by atoms with Crippen molar-refractivity contribution in [1.29, 1.82) is 0 Å². The number of hydrogen-bond acceptors (Lipinski definition) is 2. The van der Waals surface area contributed by atoms with Crippen molar-refractivity contribution < 1.29 is 37.8 Å². The second-order valence-corrected chi connectivity index (χ2v) is 19.2. The van der Waals surface area contributed by atoms with Crippen molar-refractivity contribution in [3.05, 3.63) is 196 Å². The number of nitrogens with zero attached hydrogens (tertiary/aromatic N) is 4. The van der Waals surface area contributed by atoms with E-state index in [0.717, 1.165) is 38.7 Å². The van der Waals surface area contributed by atoms with Crippen molar-refractivity contribution in [2.75, 3.05) is 0 Å². The second kappa shape index (κ2) is 14.8. The summed E-state index contributed by atoms with van der Waals surface area (Å²) in [5, 5.41) is 2.22. The minimum atomic E-state index is -0.556. The first-order chi connectivity index (χ1) is 35.0. The molecule has 0 spiro atoms. The number of ether oxygens (including phenoxy) is 1. The molecule has 0 aliphatic heterocycles. The van der Waals surface area contributed by atoms with E-state index in [0.29, 0.717) is 26.5 Å². The summed E-state index contributed by atoms with van der Waals surface area (Å²) >= 11 is 2.18. The van der Waals surface area contributed by atoms with Crippen LogP contribution in [0.1, 0.15) is 71.9 Å². The van der Waals surface area contributed by atoms with Gasteiger partial charge in [-0.05, 0) is 45.9 Å². The van der Waals surface area contributed by atoms with E-state index in [1.807, 2.05) is 76.0 Å². The van der Waals surface area contributed by atoms with Gasteiger partial charge in [-0.3, -0.25) is 0 Å². The summed E-state index contributed by atoms with van der Waals surface area (Å²) in [5.74, 6) is 1.96. The van der Waals surface area contributed by atoms with Crippen molar-refractivity contribution in [3.8, 4) is 50.9 Å². The predicted octanol–water partition coefficient (Wildman–Crippen LogP) is 15.0. The van der Waals surface area contributed by atoms with Crippen molar-refractivity contribution in [2.24, 2.45) is 5.41 Å². The van der Waals surface area contributed by atoms with E-state index >= 15 is 0 Å². The Bertz CT molecular complexity index is 4010. The molecule has 1 aliphatic rings. The van der Waals surface area contributed by atoms with Crippen LogP contribution in [0.3, 0.4) is 0 Å². The third kappa shape index (κ3) is 6.01. The van der Waals surface area contributed by atoms with E-state index < -0.39 is 60.4 Å². The van der Waals surface area contributed by atoms with Crippen LogP contribution >= 0.6 is 0 Å². The van der Waals surface area contributed by atoms with E-state index in [-0.39, 0.29) is 44.2 Å². The molecule has 3 aromatic heterocycles. The van der Waals surface area contributed by atoms with Gasteiger partial charge in [0, 0.05) is 6.20 Å². The maximum absolute atomic E-state index is 9.10. The van der Waals surface area contributed by atoms with Crippen LogP contribution in [0.15, 0.2) is 176 Å². The van der Waals surface area contributed by atoms with Crippen LogP contribution in [0, 0.1) is 16.1 Å². The van der Waals surface area contributed by atoms with Crippen LogP contribution in [0.2, 0.25) is 0 Å². The maximum atomic E-state index is 9.10. The average molecular weight is 1020 g/mol. The normalized spacial score (nSPS) is 17.1. The number of pyridine rings is 1. The Hall–Kier alpha value is -6.55. The van der Waals surface area contributed by atoms with E-state index in [2.05, 4.69) is 103 Å². The number of hydrogen-bond donors (Lipinski definition) is 0. The van der Waals surface area contributed by atoms with Gasteiger partial charge in [-0.1, -0.05) is 41.5 Å². The summed E-state index contributed by atoms with van der Waals surface area (Å²) in [6, 6.07) is 30.1. The quantitative estimate of drug-likeness (QED) is 0.160. The van der Waals surface area contributed by atoms with Gasteiger partial charge in [-0.25, -0.2) is 0 Å². The van der Waals surface area contributed by atoms with Crippen LogP contribution in [0.5, 0.6) is 11.5 Å². The molecule has 0 atom stereocenters. The van der Waals surface area contributed by atoms with Gasteiger partial charge < -0.3 is 0 Å². The number of para-hydroxylation sites is 3. The van der Waals surface area contributed by atoms with Crippen molar-refractivity contribution in [1.82, 2.24) is 18.7 Å². The first-order valence-electron chi connectivity index (χ1n) is 26.3. The van der Waals surface area contributed by atoms with Gasteiger partial charge in [0.25, 0.3) is 0 Å². The van der Waals surface area contributed by atoms with Gasteiger partial charge in [-0.2, -0.15) is 0 Å². The van der Waals surface area contributed by atoms with Gasteiger partial charge in [0.15, 0.2) is 0 Å². The molecule has 10 aromatic rings. The Morgan fingerprint density at radius 1 is 0.547 bits per heavy atom. The van der Waals surface area contributed by atoms with E-state index in [4.69, 9.17) is 23.4 Å². The number of aryl methyl sites for hydroxylation is 1. The zero-order valence-electron chi connectivity index (χ0n) is 46.5. The average Bonchev–Trinajstić information content (AvgIpc) is 3.92. The summed E-state index contributed by atoms with van der Waals surface area (Å²) in [7, 11) is 0. The van der Waals surface area contributed by atoms with Crippen LogP contribution < -0.4 is 4.74 Å². The molecule has 3 heterocycles. The van der Waals surface area contributed by atoms with Crippen molar-refractivity contribution in [2.45, 2.75) is 59.3 Å². The molecule has 5 nitrogen and oxygen atoms in total. The molecular formula is C58H50N4OPt. The third-order valence-corrected chi connectivity index (χ3v) is 15.3. The Labute approximate surface area is 399 Å². The summed E-state index contributed by atoms with van der Waals surface area (Å²) in [5.41, 5.74) is 8.07. The van der Waals surface area contributed by atoms with Crippen molar-refractivity contribution in [3.63, 3.8) is 0 Å². The zero-order chi connectivity index (χ0) is 52.8. The summed E-state index contributed by atoms with van der Waals surface area (Å²) in [4.78, 5) is 4.90. The molecule has 0 amide bonds. The fourth-order valence-corrected chi connectivity index (χ4v) is 10.9. The summed E-state index contributed by atoms with van der Waals surface area (Å²) in [6.45, 7) is 16.2. The van der Waals surface area contributed by atoms with Gasteiger partial charge in [0.1, 0.15) is 0 Å². The monoisotopic (exact) mass is 1020 g/mol. The van der Waals surface area contributed by atoms with E-state index in [1.54, 1.807) is 18.2 Å². The summed E-state index contributed by atoms with van der Waals surface area (Å²) < 4.78 is 101. The van der Waals surface area contributed by atoms with E-state index in [9.17, 15) is 0 Å². The first-order valence-corrected chi connectivity index (χ1v) is 22.4. The molecule has 0 N–H and O–H groups in total. The topological polar surface area (TPSA) is 36.9 Å². The SMILES string of the molecule is [2H]c1c([2H])c([2H])c(-c2cccc(-c3c([2H])c([2H])c([2H])c([2H])c3[2H])c2-n2[c](=[Pt])n(-c3cccc(Oc4ccc5c6cc7c(cc6n(-c6cc(C)ccn6)c5c4)C(C)(C)C(C)(C)C7(C)C)c3)c3ccccc32)c([2H])c1[2H]. The van der Waals surface area contributed by atoms with Gasteiger partial charge in [0.05, 0.1) is 0 Å². The standard InChI is InChI=1S/C58H50N4O.Pt/c1-38-30-31-59-54(32-38)62-52-34-43(28-29-46(52)47-35-48-49(36-53(47)62)57(4,5)58(6,7)56(48,2)3)63-42-23-16-22-41(33-42)60-37-61(51-27-15-14-26-50(51)60)55-44(39-18-10-8-11-19-39)24-17-25-45(55)40-20-12-9-13-21-40;/h8-36H,1-7H3;/i8D,9D,10D,11D,12D,13D,18D,19D,20D,21D;.